The number of aromatic nitrogens is 2. The topological polar surface area (TPSA) is 67.4 Å². The molecule has 1 aromatic heterocycles. The van der Waals surface area contributed by atoms with Gasteiger partial charge in [0.1, 0.15) is 12.4 Å². The average molecular weight is 517 g/mol. The Morgan fingerprint density at radius 1 is 0.686 bits per heavy atom. The van der Waals surface area contributed by atoms with Crippen molar-refractivity contribution in [2.75, 3.05) is 13.2 Å². The molecule has 0 N–H and O–H groups in total. The van der Waals surface area contributed by atoms with Crippen molar-refractivity contribution < 1.29 is 23.1 Å². The highest BCUT2D eigenvalue weighted by Gasteiger charge is 2.08. The lowest BCUT2D eigenvalue weighted by atomic mass is 10.1. The summed E-state index contributed by atoms with van der Waals surface area (Å²) in [5.41, 5.74) is 0. The van der Waals surface area contributed by atoms with E-state index in [0.29, 0.717) is 0 Å². The highest BCUT2D eigenvalue weighted by Crippen LogP contribution is 2.38. The summed E-state index contributed by atoms with van der Waals surface area (Å²) < 4.78 is 25.2. The number of nitrogens with zero attached hydrogens (tertiary/aromatic N) is 2. The SMILES string of the molecule is CCCCCCCCCCn1cc[n+](CCCCC)c1.CCCCCOP(=O)([O-])OCCCCC. The van der Waals surface area contributed by atoms with Crippen molar-refractivity contribution in [3.8, 4) is 0 Å². The van der Waals surface area contributed by atoms with E-state index in [1.165, 1.54) is 83.7 Å². The molecule has 0 fully saturated rings. The first kappa shape index (κ1) is 34.3. The number of hydrogen-bond acceptors (Lipinski definition) is 4. The van der Waals surface area contributed by atoms with Gasteiger partial charge in [0.05, 0.1) is 26.3 Å². The van der Waals surface area contributed by atoms with Crippen LogP contribution in [0.3, 0.4) is 0 Å². The van der Waals surface area contributed by atoms with Crippen LogP contribution in [0.25, 0.3) is 0 Å². The number of hydrogen-bond donors (Lipinski definition) is 0. The molecule has 1 heterocycles. The molecular weight excluding hydrogens is 459 g/mol. The van der Waals surface area contributed by atoms with Crippen molar-refractivity contribution in [1.82, 2.24) is 4.57 Å². The summed E-state index contributed by atoms with van der Waals surface area (Å²) in [5, 5.41) is 0. The van der Waals surface area contributed by atoms with Gasteiger partial charge in [-0.3, -0.25) is 4.57 Å². The van der Waals surface area contributed by atoms with Crippen LogP contribution in [0, 0.1) is 0 Å². The van der Waals surface area contributed by atoms with Gasteiger partial charge in [0.15, 0.2) is 0 Å². The summed E-state index contributed by atoms with van der Waals surface area (Å²) in [4.78, 5) is 11.1. The van der Waals surface area contributed by atoms with Crippen LogP contribution in [0.15, 0.2) is 18.7 Å². The number of phosphoric acid groups is 1. The smallest absolute Gasteiger partial charge is 0.267 e. The summed E-state index contributed by atoms with van der Waals surface area (Å²) in [6.45, 7) is 11.5. The highest BCUT2D eigenvalue weighted by molar-refractivity contribution is 7.45. The largest absolute Gasteiger partial charge is 0.756 e. The minimum Gasteiger partial charge on any atom is -0.756 e. The predicted molar refractivity (Wildman–Crippen MR) is 145 cm³/mol. The van der Waals surface area contributed by atoms with E-state index in [0.717, 1.165) is 38.5 Å². The number of phosphoric ester groups is 1. The van der Waals surface area contributed by atoms with E-state index in [4.69, 9.17) is 0 Å². The van der Waals surface area contributed by atoms with Gasteiger partial charge >= 0.3 is 0 Å². The van der Waals surface area contributed by atoms with Gasteiger partial charge in [-0.15, -0.1) is 0 Å². The van der Waals surface area contributed by atoms with Crippen molar-refractivity contribution in [3.63, 3.8) is 0 Å². The normalized spacial score (nSPS) is 11.5. The van der Waals surface area contributed by atoms with Crippen molar-refractivity contribution in [3.05, 3.63) is 18.7 Å². The maximum Gasteiger partial charge on any atom is 0.267 e. The lowest BCUT2D eigenvalue weighted by Crippen LogP contribution is -2.30. The molecule has 0 atom stereocenters. The number of aryl methyl sites for hydroxylation is 2. The van der Waals surface area contributed by atoms with E-state index in [1.54, 1.807) is 0 Å². The van der Waals surface area contributed by atoms with Gasteiger partial charge in [0.2, 0.25) is 6.33 Å². The molecule has 0 bridgehead atoms. The van der Waals surface area contributed by atoms with Crippen molar-refractivity contribution in [2.24, 2.45) is 0 Å². The van der Waals surface area contributed by atoms with E-state index >= 15 is 0 Å². The van der Waals surface area contributed by atoms with E-state index < -0.39 is 7.82 Å². The molecule has 0 aliphatic carbocycles. The molecule has 1 aromatic rings. The van der Waals surface area contributed by atoms with Gasteiger partial charge in [0.25, 0.3) is 7.82 Å². The lowest BCUT2D eigenvalue weighted by Gasteiger charge is -2.22. The van der Waals surface area contributed by atoms with Crippen LogP contribution in [0.2, 0.25) is 0 Å². The lowest BCUT2D eigenvalue weighted by molar-refractivity contribution is -0.696. The standard InChI is InChI=1S/C18H35N2.C10H23O4P/c1-3-5-7-8-9-10-11-13-15-20-17-16-19(18-20)14-12-6-4-2;1-3-5-7-9-13-15(11,12)14-10-8-6-4-2/h16-18H,3-15H2,1-2H3;3-10H2,1-2H3,(H,11,12)/q+1;/p-1. The zero-order valence-electron chi connectivity index (χ0n) is 23.6. The van der Waals surface area contributed by atoms with Crippen LogP contribution >= 0.6 is 7.82 Å². The van der Waals surface area contributed by atoms with Gasteiger partial charge in [-0.05, 0) is 38.5 Å². The summed E-state index contributed by atoms with van der Waals surface area (Å²) >= 11 is 0. The van der Waals surface area contributed by atoms with Crippen LogP contribution in [0.1, 0.15) is 137 Å². The number of unbranched alkanes of at least 4 members (excludes halogenated alkanes) is 13. The molecule has 0 unspecified atom stereocenters. The predicted octanol–water partition coefficient (Wildman–Crippen LogP) is 7.97. The minimum absolute atomic E-state index is 0.238. The molecule has 208 valence electrons. The second-order valence-electron chi connectivity index (χ2n) is 9.60. The van der Waals surface area contributed by atoms with E-state index in [2.05, 4.69) is 64.6 Å². The number of rotatable bonds is 23. The van der Waals surface area contributed by atoms with Gasteiger partial charge < -0.3 is 13.9 Å². The Morgan fingerprint density at radius 2 is 1.14 bits per heavy atom. The Kier molecular flexibility index (Phi) is 24.5. The molecule has 0 saturated heterocycles. The second kappa shape index (κ2) is 25.0. The van der Waals surface area contributed by atoms with Gasteiger partial charge in [0, 0.05) is 0 Å². The first-order chi connectivity index (χ1) is 17.0. The first-order valence-electron chi connectivity index (χ1n) is 14.6. The molecule has 0 spiro atoms. The van der Waals surface area contributed by atoms with Crippen LogP contribution in [-0.4, -0.2) is 17.8 Å². The molecule has 0 saturated carbocycles. The van der Waals surface area contributed by atoms with Crippen LogP contribution in [0.4, 0.5) is 0 Å². The zero-order chi connectivity index (χ0) is 26.0. The third-order valence-electron chi connectivity index (χ3n) is 6.03. The van der Waals surface area contributed by atoms with Gasteiger partial charge in [-0.1, -0.05) is 98.3 Å². The molecule has 0 amide bonds. The van der Waals surface area contributed by atoms with Crippen LogP contribution in [0.5, 0.6) is 0 Å². The number of imidazole rings is 1. The van der Waals surface area contributed by atoms with E-state index in [-0.39, 0.29) is 13.2 Å². The summed E-state index contributed by atoms with van der Waals surface area (Å²) in [6, 6.07) is 0. The third kappa shape index (κ3) is 23.5. The highest BCUT2D eigenvalue weighted by atomic mass is 31.2. The van der Waals surface area contributed by atoms with Gasteiger partial charge in [-0.2, -0.15) is 0 Å². The fourth-order valence-electron chi connectivity index (χ4n) is 3.77. The fourth-order valence-corrected chi connectivity index (χ4v) is 4.55. The fraction of sp³-hybridized carbons (Fsp3) is 0.893. The molecule has 0 aromatic carbocycles. The first-order valence-corrected chi connectivity index (χ1v) is 16.1. The third-order valence-corrected chi connectivity index (χ3v) is 7.03. The summed E-state index contributed by atoms with van der Waals surface area (Å²) in [6.07, 6.45) is 27.5. The Labute approximate surface area is 217 Å². The molecule has 1 rings (SSSR count). The Balaban J connectivity index is 0.000000691. The quantitative estimate of drug-likeness (QED) is 0.0840. The van der Waals surface area contributed by atoms with E-state index in [9.17, 15) is 9.46 Å². The van der Waals surface area contributed by atoms with E-state index in [1.807, 2.05) is 0 Å². The summed E-state index contributed by atoms with van der Waals surface area (Å²) in [7, 11) is -4.02. The molecule has 35 heavy (non-hydrogen) atoms. The maximum atomic E-state index is 11.1. The Hall–Kier alpha value is -0.680. The van der Waals surface area contributed by atoms with Crippen LogP contribution in [-0.2, 0) is 26.7 Å². The molecular formula is C28H57N2O4P. The summed E-state index contributed by atoms with van der Waals surface area (Å²) in [5.74, 6) is 0. The van der Waals surface area contributed by atoms with Gasteiger partial charge in [-0.25, -0.2) is 9.13 Å². The molecule has 6 nitrogen and oxygen atoms in total. The maximum absolute atomic E-state index is 11.1. The zero-order valence-corrected chi connectivity index (χ0v) is 24.5. The molecule has 0 aliphatic heterocycles. The Bertz CT molecular complexity index is 594. The average Bonchev–Trinajstić information content (AvgIpc) is 3.29. The molecule has 0 radical (unpaired) electrons. The molecule has 0 aliphatic rings. The molecule has 7 heteroatoms. The Morgan fingerprint density at radius 3 is 1.69 bits per heavy atom. The second-order valence-corrected chi connectivity index (χ2v) is 11.0. The monoisotopic (exact) mass is 516 g/mol. The van der Waals surface area contributed by atoms with Crippen molar-refractivity contribution in [1.29, 1.82) is 0 Å². The van der Waals surface area contributed by atoms with Crippen molar-refractivity contribution >= 4 is 7.82 Å². The van der Waals surface area contributed by atoms with Crippen molar-refractivity contribution in [2.45, 2.75) is 150 Å². The minimum atomic E-state index is -4.02. The van der Waals surface area contributed by atoms with Crippen LogP contribution < -0.4 is 9.46 Å².